The molecule has 214 valence electrons. The van der Waals surface area contributed by atoms with E-state index in [1.54, 1.807) is 12.1 Å². The van der Waals surface area contributed by atoms with Gasteiger partial charge in [-0.1, -0.05) is 97.4 Å². The lowest BCUT2D eigenvalue weighted by molar-refractivity contribution is -0.140. The summed E-state index contributed by atoms with van der Waals surface area (Å²) in [6.45, 7) is 6.13. The van der Waals surface area contributed by atoms with Crippen molar-refractivity contribution in [3.63, 3.8) is 0 Å². The molecule has 0 aromatic heterocycles. The number of nitrogens with one attached hydrogen (secondary N) is 1. The molecule has 9 heteroatoms. The van der Waals surface area contributed by atoms with Gasteiger partial charge in [0.15, 0.2) is 0 Å². The number of aryl methyl sites for hydroxylation is 1. The van der Waals surface area contributed by atoms with Gasteiger partial charge in [-0.25, -0.2) is 8.42 Å². The molecule has 2 amide bonds. The molecule has 1 unspecified atom stereocenters. The molecule has 0 aliphatic carbocycles. The Morgan fingerprint density at radius 1 is 0.925 bits per heavy atom. The molecule has 40 heavy (non-hydrogen) atoms. The lowest BCUT2D eigenvalue weighted by Gasteiger charge is -2.34. The number of amides is 2. The molecule has 7 nitrogen and oxygen atoms in total. The molecule has 0 heterocycles. The van der Waals surface area contributed by atoms with Crippen LogP contribution in [0.1, 0.15) is 37.5 Å². The van der Waals surface area contributed by atoms with E-state index in [4.69, 9.17) is 0 Å². The van der Waals surface area contributed by atoms with Crippen molar-refractivity contribution in [2.45, 2.75) is 46.2 Å². The van der Waals surface area contributed by atoms with Gasteiger partial charge in [-0.3, -0.25) is 13.9 Å². The van der Waals surface area contributed by atoms with Gasteiger partial charge in [0.05, 0.1) is 11.9 Å². The fraction of sp³-hybridized carbons (Fsp3) is 0.355. The summed E-state index contributed by atoms with van der Waals surface area (Å²) >= 11 is 3.49. The lowest BCUT2D eigenvalue weighted by atomic mass is 10.0. The van der Waals surface area contributed by atoms with Gasteiger partial charge in [-0.2, -0.15) is 0 Å². The largest absolute Gasteiger partial charge is 0.354 e. The number of rotatable bonds is 13. The molecular weight excluding hydrogens is 590 g/mol. The SMILES string of the molecule is CCc1ccccc1N(CC(=O)N(Cc1cccc(Br)c1)C(Cc1ccccc1)C(=O)NCC(C)C)S(C)(=O)=O. The molecule has 0 spiro atoms. The lowest BCUT2D eigenvalue weighted by Crippen LogP contribution is -2.53. The van der Waals surface area contributed by atoms with Crippen molar-refractivity contribution < 1.29 is 18.0 Å². The molecule has 0 bridgehead atoms. The summed E-state index contributed by atoms with van der Waals surface area (Å²) in [5, 5.41) is 2.99. The van der Waals surface area contributed by atoms with Gasteiger partial charge in [-0.15, -0.1) is 0 Å². The normalized spacial score (nSPS) is 12.2. The minimum atomic E-state index is -3.81. The third-order valence-corrected chi connectivity index (χ3v) is 8.14. The van der Waals surface area contributed by atoms with Crippen molar-refractivity contribution in [1.82, 2.24) is 10.2 Å². The van der Waals surface area contributed by atoms with Crippen molar-refractivity contribution in [1.29, 1.82) is 0 Å². The van der Waals surface area contributed by atoms with E-state index in [9.17, 15) is 18.0 Å². The van der Waals surface area contributed by atoms with Gasteiger partial charge in [0.25, 0.3) is 0 Å². The average Bonchev–Trinajstić information content (AvgIpc) is 2.92. The molecule has 0 saturated carbocycles. The summed E-state index contributed by atoms with van der Waals surface area (Å²) in [5.74, 6) is -0.514. The molecular formula is C31H38BrN3O4S. The van der Waals surface area contributed by atoms with Crippen LogP contribution in [0, 0.1) is 5.92 Å². The third-order valence-electron chi connectivity index (χ3n) is 6.52. The second-order valence-electron chi connectivity index (χ2n) is 10.2. The van der Waals surface area contributed by atoms with E-state index >= 15 is 0 Å². The van der Waals surface area contributed by atoms with Crippen LogP contribution in [0.3, 0.4) is 0 Å². The van der Waals surface area contributed by atoms with Gasteiger partial charge in [0, 0.05) is 24.0 Å². The Morgan fingerprint density at radius 3 is 2.20 bits per heavy atom. The van der Waals surface area contributed by atoms with Crippen LogP contribution in [0.5, 0.6) is 0 Å². The zero-order valence-electron chi connectivity index (χ0n) is 23.5. The van der Waals surface area contributed by atoms with Crippen LogP contribution in [0.4, 0.5) is 5.69 Å². The number of hydrogen-bond acceptors (Lipinski definition) is 4. The Bertz CT molecular complexity index is 1400. The molecule has 3 aromatic rings. The molecule has 0 radical (unpaired) electrons. The van der Waals surface area contributed by atoms with Gasteiger partial charge in [0.2, 0.25) is 21.8 Å². The predicted octanol–water partition coefficient (Wildman–Crippen LogP) is 5.19. The van der Waals surface area contributed by atoms with E-state index in [-0.39, 0.29) is 24.8 Å². The Kier molecular flexibility index (Phi) is 11.3. The van der Waals surface area contributed by atoms with Crippen molar-refractivity contribution in [2.24, 2.45) is 5.92 Å². The highest BCUT2D eigenvalue weighted by Gasteiger charge is 2.33. The fourth-order valence-electron chi connectivity index (χ4n) is 4.46. The highest BCUT2D eigenvalue weighted by atomic mass is 79.9. The van der Waals surface area contributed by atoms with Crippen molar-refractivity contribution in [2.75, 3.05) is 23.7 Å². The average molecular weight is 629 g/mol. The van der Waals surface area contributed by atoms with E-state index in [2.05, 4.69) is 21.2 Å². The smallest absolute Gasteiger partial charge is 0.244 e. The summed E-state index contributed by atoms with van der Waals surface area (Å²) in [5.41, 5.74) is 3.00. The van der Waals surface area contributed by atoms with E-state index in [1.807, 2.05) is 87.5 Å². The van der Waals surface area contributed by atoms with Crippen molar-refractivity contribution in [3.05, 3.63) is 100 Å². The van der Waals surface area contributed by atoms with Crippen LogP contribution in [0.15, 0.2) is 83.3 Å². The highest BCUT2D eigenvalue weighted by Crippen LogP contribution is 2.25. The van der Waals surface area contributed by atoms with Gasteiger partial charge >= 0.3 is 0 Å². The van der Waals surface area contributed by atoms with Crippen molar-refractivity contribution in [3.8, 4) is 0 Å². The Hall–Kier alpha value is -3.17. The van der Waals surface area contributed by atoms with Crippen molar-refractivity contribution >= 4 is 43.5 Å². The predicted molar refractivity (Wildman–Crippen MR) is 164 cm³/mol. The first-order valence-corrected chi connectivity index (χ1v) is 16.0. The first kappa shape index (κ1) is 31.4. The number of nitrogens with zero attached hydrogens (tertiary/aromatic N) is 2. The Morgan fingerprint density at radius 2 is 1.57 bits per heavy atom. The van der Waals surface area contributed by atoms with Crippen LogP contribution < -0.4 is 9.62 Å². The molecule has 0 fully saturated rings. The number of carbonyl (C=O) groups is 2. The number of anilines is 1. The quantitative estimate of drug-likeness (QED) is 0.283. The Balaban J connectivity index is 2.07. The number of para-hydroxylation sites is 1. The van der Waals surface area contributed by atoms with Crippen LogP contribution in [-0.4, -0.2) is 50.5 Å². The number of halogens is 1. The summed E-state index contributed by atoms with van der Waals surface area (Å²) in [4.78, 5) is 29.3. The maximum Gasteiger partial charge on any atom is 0.244 e. The first-order valence-electron chi connectivity index (χ1n) is 13.4. The molecule has 0 aliphatic rings. The fourth-order valence-corrected chi connectivity index (χ4v) is 5.78. The highest BCUT2D eigenvalue weighted by molar-refractivity contribution is 9.10. The molecule has 1 atom stereocenters. The minimum absolute atomic E-state index is 0.137. The van der Waals surface area contributed by atoms with Crippen LogP contribution in [-0.2, 0) is 39.0 Å². The first-order chi connectivity index (χ1) is 19.0. The van der Waals surface area contributed by atoms with E-state index in [0.717, 1.165) is 31.7 Å². The maximum atomic E-state index is 14.2. The zero-order chi connectivity index (χ0) is 29.3. The topological polar surface area (TPSA) is 86.8 Å². The monoisotopic (exact) mass is 627 g/mol. The minimum Gasteiger partial charge on any atom is -0.354 e. The molecule has 0 aliphatic heterocycles. The molecule has 1 N–H and O–H groups in total. The molecule has 3 rings (SSSR count). The number of carbonyl (C=O) groups excluding carboxylic acids is 2. The van der Waals surface area contributed by atoms with Crippen LogP contribution in [0.2, 0.25) is 0 Å². The Labute approximate surface area is 246 Å². The van der Waals surface area contributed by atoms with Gasteiger partial charge in [0.1, 0.15) is 12.6 Å². The van der Waals surface area contributed by atoms with E-state index in [0.29, 0.717) is 18.7 Å². The molecule has 3 aromatic carbocycles. The van der Waals surface area contributed by atoms with Gasteiger partial charge < -0.3 is 10.2 Å². The van der Waals surface area contributed by atoms with E-state index < -0.39 is 28.5 Å². The van der Waals surface area contributed by atoms with Crippen LogP contribution in [0.25, 0.3) is 0 Å². The second kappa shape index (κ2) is 14.5. The van der Waals surface area contributed by atoms with Gasteiger partial charge in [-0.05, 0) is 47.2 Å². The summed E-state index contributed by atoms with van der Waals surface area (Å²) in [6, 6.07) is 23.4. The number of sulfonamides is 1. The summed E-state index contributed by atoms with van der Waals surface area (Å²) in [6.07, 6.45) is 1.99. The summed E-state index contributed by atoms with van der Waals surface area (Å²) in [7, 11) is -3.81. The van der Waals surface area contributed by atoms with Crippen LogP contribution >= 0.6 is 15.9 Å². The number of hydrogen-bond donors (Lipinski definition) is 1. The zero-order valence-corrected chi connectivity index (χ0v) is 25.9. The third kappa shape index (κ3) is 8.93. The second-order valence-corrected chi connectivity index (χ2v) is 13.1. The number of benzene rings is 3. The standard InChI is InChI=1S/C31H38BrN3O4S/c1-5-26-15-9-10-17-28(26)35(40(4,38)39)22-30(36)34(21-25-14-11-16-27(32)18-25)29(31(37)33-20-23(2)3)19-24-12-7-6-8-13-24/h6-18,23,29H,5,19-22H2,1-4H3,(H,33,37). The molecule has 0 saturated heterocycles. The van der Waals surface area contributed by atoms with E-state index in [1.165, 1.54) is 4.90 Å². The summed E-state index contributed by atoms with van der Waals surface area (Å²) < 4.78 is 28.0. The maximum absolute atomic E-state index is 14.2.